The molecule has 31 heavy (non-hydrogen) atoms. The van der Waals surface area contributed by atoms with Gasteiger partial charge in [0.2, 0.25) is 5.91 Å². The van der Waals surface area contributed by atoms with E-state index in [0.717, 1.165) is 18.4 Å². The van der Waals surface area contributed by atoms with Gasteiger partial charge >= 0.3 is 0 Å². The van der Waals surface area contributed by atoms with Gasteiger partial charge in [-0.15, -0.1) is 16.8 Å². The topological polar surface area (TPSA) is 88.9 Å². The van der Waals surface area contributed by atoms with Crippen LogP contribution in [0, 0.1) is 6.92 Å². The molecule has 1 atom stereocenters. The zero-order chi connectivity index (χ0) is 22.2. The molecule has 1 aliphatic carbocycles. The van der Waals surface area contributed by atoms with Crippen molar-refractivity contribution >= 4 is 23.6 Å². The minimum Gasteiger partial charge on any atom is -0.353 e. The summed E-state index contributed by atoms with van der Waals surface area (Å²) in [6, 6.07) is 7.42. The third kappa shape index (κ3) is 6.19. The van der Waals surface area contributed by atoms with Gasteiger partial charge in [0.25, 0.3) is 5.91 Å². The summed E-state index contributed by atoms with van der Waals surface area (Å²) in [6.07, 6.45) is 7.50. The Morgan fingerprint density at radius 1 is 1.26 bits per heavy atom. The lowest BCUT2D eigenvalue weighted by Gasteiger charge is -2.22. The molecular formula is C23H31N5O2S. The standard InChI is InChI=1S/C23H31N5O2S/c1-4-14-28-21(17(3)24-22(30)19-13-9-8-10-16(19)2)26-27-23(28)31-15-20(29)25-18-11-6-5-7-12-18/h4,8-10,13,17-18H,1,5-7,11-12,14-15H2,2-3H3,(H,24,30)(H,25,29). The van der Waals surface area contributed by atoms with Gasteiger partial charge in [-0.05, 0) is 38.3 Å². The highest BCUT2D eigenvalue weighted by Crippen LogP contribution is 2.22. The van der Waals surface area contributed by atoms with Gasteiger partial charge < -0.3 is 15.2 Å². The maximum atomic E-state index is 12.7. The number of carbonyl (C=O) groups is 2. The van der Waals surface area contributed by atoms with Crippen molar-refractivity contribution in [1.82, 2.24) is 25.4 Å². The molecule has 2 N–H and O–H groups in total. The fourth-order valence-corrected chi connectivity index (χ4v) is 4.61. The molecule has 1 aromatic heterocycles. The lowest BCUT2D eigenvalue weighted by molar-refractivity contribution is -0.119. The molecule has 1 unspecified atom stereocenters. The molecule has 3 rings (SSSR count). The highest BCUT2D eigenvalue weighted by Gasteiger charge is 2.22. The molecular weight excluding hydrogens is 410 g/mol. The molecule has 2 aromatic rings. The number of allylic oxidation sites excluding steroid dienone is 1. The lowest BCUT2D eigenvalue weighted by atomic mass is 9.95. The van der Waals surface area contributed by atoms with E-state index in [1.807, 2.05) is 36.6 Å². The molecule has 1 fully saturated rings. The lowest BCUT2D eigenvalue weighted by Crippen LogP contribution is -2.37. The Morgan fingerprint density at radius 2 is 2.00 bits per heavy atom. The van der Waals surface area contributed by atoms with Gasteiger partial charge in [0.05, 0.1) is 11.8 Å². The summed E-state index contributed by atoms with van der Waals surface area (Å²) in [7, 11) is 0. The van der Waals surface area contributed by atoms with Gasteiger partial charge in [-0.2, -0.15) is 0 Å². The van der Waals surface area contributed by atoms with Gasteiger partial charge in [0.15, 0.2) is 11.0 Å². The van der Waals surface area contributed by atoms with Crippen LogP contribution in [0.2, 0.25) is 0 Å². The van der Waals surface area contributed by atoms with Crippen LogP contribution < -0.4 is 10.6 Å². The molecule has 8 heteroatoms. The predicted molar refractivity (Wildman–Crippen MR) is 123 cm³/mol. The van der Waals surface area contributed by atoms with E-state index in [2.05, 4.69) is 27.4 Å². The van der Waals surface area contributed by atoms with E-state index in [1.165, 1.54) is 31.0 Å². The van der Waals surface area contributed by atoms with Gasteiger partial charge in [-0.1, -0.05) is 55.3 Å². The fourth-order valence-electron chi connectivity index (χ4n) is 3.84. The second kappa shape index (κ2) is 11.1. The molecule has 7 nitrogen and oxygen atoms in total. The predicted octanol–water partition coefficient (Wildman–Crippen LogP) is 3.80. The van der Waals surface area contributed by atoms with Crippen LogP contribution >= 0.6 is 11.8 Å². The van der Waals surface area contributed by atoms with Crippen molar-refractivity contribution in [2.45, 2.75) is 69.7 Å². The van der Waals surface area contributed by atoms with Crippen molar-refractivity contribution in [2.24, 2.45) is 0 Å². The highest BCUT2D eigenvalue weighted by atomic mass is 32.2. The number of carbonyl (C=O) groups excluding carboxylic acids is 2. The van der Waals surface area contributed by atoms with Crippen molar-refractivity contribution in [3.8, 4) is 0 Å². The van der Waals surface area contributed by atoms with E-state index < -0.39 is 0 Å². The summed E-state index contributed by atoms with van der Waals surface area (Å²) in [6.45, 7) is 8.11. The van der Waals surface area contributed by atoms with Gasteiger partial charge in [0.1, 0.15) is 0 Å². The van der Waals surface area contributed by atoms with E-state index in [4.69, 9.17) is 0 Å². The summed E-state index contributed by atoms with van der Waals surface area (Å²) < 4.78 is 1.90. The average Bonchev–Trinajstić information content (AvgIpc) is 3.16. The number of hydrogen-bond acceptors (Lipinski definition) is 5. The minimum atomic E-state index is -0.343. The summed E-state index contributed by atoms with van der Waals surface area (Å²) in [4.78, 5) is 25.0. The van der Waals surface area contributed by atoms with Crippen LogP contribution in [0.4, 0.5) is 0 Å². The van der Waals surface area contributed by atoms with E-state index >= 15 is 0 Å². The molecule has 0 saturated heterocycles. The van der Waals surface area contributed by atoms with E-state index in [1.54, 1.807) is 12.1 Å². The molecule has 2 amide bonds. The Balaban J connectivity index is 1.63. The largest absolute Gasteiger partial charge is 0.353 e. The Hall–Kier alpha value is -2.61. The van der Waals surface area contributed by atoms with E-state index in [9.17, 15) is 9.59 Å². The van der Waals surface area contributed by atoms with Gasteiger partial charge in [-0.25, -0.2) is 0 Å². The Labute approximate surface area is 188 Å². The van der Waals surface area contributed by atoms with Crippen LogP contribution in [0.25, 0.3) is 0 Å². The Morgan fingerprint density at radius 3 is 2.71 bits per heavy atom. The molecule has 0 radical (unpaired) electrons. The number of aryl methyl sites for hydroxylation is 1. The molecule has 1 aliphatic rings. The quantitative estimate of drug-likeness (QED) is 0.456. The van der Waals surface area contributed by atoms with Crippen LogP contribution in [-0.2, 0) is 11.3 Å². The van der Waals surface area contributed by atoms with Crippen molar-refractivity contribution in [3.05, 3.63) is 53.9 Å². The molecule has 166 valence electrons. The van der Waals surface area contributed by atoms with Gasteiger partial charge in [-0.3, -0.25) is 9.59 Å². The number of nitrogens with one attached hydrogen (secondary N) is 2. The van der Waals surface area contributed by atoms with Crippen LogP contribution in [0.15, 0.2) is 42.1 Å². The second-order valence-electron chi connectivity index (χ2n) is 7.94. The van der Waals surface area contributed by atoms with E-state index in [0.29, 0.717) is 29.1 Å². The van der Waals surface area contributed by atoms with Crippen molar-refractivity contribution in [1.29, 1.82) is 0 Å². The Bertz CT molecular complexity index is 920. The number of amides is 2. The van der Waals surface area contributed by atoms with E-state index in [-0.39, 0.29) is 23.6 Å². The van der Waals surface area contributed by atoms with Crippen molar-refractivity contribution < 1.29 is 9.59 Å². The summed E-state index contributed by atoms with van der Waals surface area (Å²) in [5.41, 5.74) is 1.55. The van der Waals surface area contributed by atoms with Crippen LogP contribution in [-0.4, -0.2) is 38.4 Å². The SMILES string of the molecule is C=CCn1c(SCC(=O)NC2CCCCC2)nnc1C(C)NC(=O)c1ccccc1C. The number of thioether (sulfide) groups is 1. The number of aromatic nitrogens is 3. The first-order chi connectivity index (χ1) is 15.0. The summed E-state index contributed by atoms with van der Waals surface area (Å²) >= 11 is 1.36. The number of hydrogen-bond donors (Lipinski definition) is 2. The first kappa shape index (κ1) is 23.1. The van der Waals surface area contributed by atoms with Crippen LogP contribution in [0.3, 0.4) is 0 Å². The zero-order valence-corrected chi connectivity index (χ0v) is 19.1. The van der Waals surface area contributed by atoms with Gasteiger partial charge in [0, 0.05) is 18.2 Å². The van der Waals surface area contributed by atoms with Crippen molar-refractivity contribution in [3.63, 3.8) is 0 Å². The third-order valence-electron chi connectivity index (χ3n) is 5.48. The third-order valence-corrected chi connectivity index (χ3v) is 6.45. The molecule has 1 heterocycles. The first-order valence-electron chi connectivity index (χ1n) is 10.8. The maximum absolute atomic E-state index is 12.7. The summed E-state index contributed by atoms with van der Waals surface area (Å²) in [5.74, 6) is 0.791. The molecule has 0 spiro atoms. The normalized spacial score (nSPS) is 15.3. The fraction of sp³-hybridized carbons (Fsp3) is 0.478. The average molecular weight is 442 g/mol. The molecule has 0 aliphatic heterocycles. The monoisotopic (exact) mass is 441 g/mol. The number of nitrogens with zero attached hydrogens (tertiary/aromatic N) is 3. The first-order valence-corrected chi connectivity index (χ1v) is 11.8. The van der Waals surface area contributed by atoms with Crippen LogP contribution in [0.5, 0.6) is 0 Å². The smallest absolute Gasteiger partial charge is 0.252 e. The molecule has 0 bridgehead atoms. The van der Waals surface area contributed by atoms with Crippen molar-refractivity contribution in [2.75, 3.05) is 5.75 Å². The Kier molecular flexibility index (Phi) is 8.28. The highest BCUT2D eigenvalue weighted by molar-refractivity contribution is 7.99. The molecule has 1 aromatic carbocycles. The number of benzene rings is 1. The molecule has 1 saturated carbocycles. The maximum Gasteiger partial charge on any atom is 0.252 e. The second-order valence-corrected chi connectivity index (χ2v) is 8.88. The minimum absolute atomic E-state index is 0.0208. The number of rotatable bonds is 9. The zero-order valence-electron chi connectivity index (χ0n) is 18.3. The summed E-state index contributed by atoms with van der Waals surface area (Å²) in [5, 5.41) is 15.3. The van der Waals surface area contributed by atoms with Crippen LogP contribution in [0.1, 0.15) is 66.8 Å².